The zero-order chi connectivity index (χ0) is 9.61. The predicted molar refractivity (Wildman–Crippen MR) is 39.4 cm³/mol. The van der Waals surface area contributed by atoms with Crippen LogP contribution < -0.4 is 0 Å². The average Bonchev–Trinajstić information content (AvgIpc) is 1.98. The molecule has 1 atom stereocenters. The Kier molecular flexibility index (Phi) is 5.08. The third-order valence-electron chi connectivity index (χ3n) is 0.874. The van der Waals surface area contributed by atoms with Gasteiger partial charge in [-0.1, -0.05) is 0 Å². The first kappa shape index (κ1) is 11.6. The summed E-state index contributed by atoms with van der Waals surface area (Å²) in [6.07, 6.45) is 0. The predicted octanol–water partition coefficient (Wildman–Crippen LogP) is 0.313. The zero-order valence-corrected chi connectivity index (χ0v) is 7.74. The Morgan fingerprint density at radius 2 is 2.08 bits per heavy atom. The van der Waals surface area contributed by atoms with Gasteiger partial charge in [0.15, 0.2) is 0 Å². The number of phosphoric ester groups is 1. The van der Waals surface area contributed by atoms with E-state index in [0.717, 1.165) is 7.11 Å². The SMILES string of the molecule is COP(=O)(O)OCCOC(C)=O. The first-order valence-electron chi connectivity index (χ1n) is 3.14. The van der Waals surface area contributed by atoms with Crippen LogP contribution in [0.2, 0.25) is 0 Å². The highest BCUT2D eigenvalue weighted by molar-refractivity contribution is 7.47. The molecular weight excluding hydrogens is 187 g/mol. The number of hydrogen-bond donors (Lipinski definition) is 1. The minimum absolute atomic E-state index is 0.0662. The van der Waals surface area contributed by atoms with Gasteiger partial charge in [0.1, 0.15) is 6.61 Å². The molecule has 0 bridgehead atoms. The molecule has 0 heterocycles. The third kappa shape index (κ3) is 6.30. The topological polar surface area (TPSA) is 82.1 Å². The molecule has 1 N–H and O–H groups in total. The highest BCUT2D eigenvalue weighted by atomic mass is 31.2. The molecule has 0 saturated heterocycles. The highest BCUT2D eigenvalue weighted by Gasteiger charge is 2.17. The van der Waals surface area contributed by atoms with Crippen molar-refractivity contribution in [3.8, 4) is 0 Å². The number of phosphoric acid groups is 1. The fraction of sp³-hybridized carbons (Fsp3) is 0.800. The van der Waals surface area contributed by atoms with Crippen LogP contribution in [0.5, 0.6) is 0 Å². The molecule has 72 valence electrons. The van der Waals surface area contributed by atoms with E-state index in [1.54, 1.807) is 0 Å². The lowest BCUT2D eigenvalue weighted by molar-refractivity contribution is -0.141. The van der Waals surface area contributed by atoms with E-state index in [9.17, 15) is 9.36 Å². The van der Waals surface area contributed by atoms with Crippen LogP contribution >= 0.6 is 7.82 Å². The fourth-order valence-electron chi connectivity index (χ4n) is 0.391. The lowest BCUT2D eigenvalue weighted by Crippen LogP contribution is -2.06. The van der Waals surface area contributed by atoms with Crippen molar-refractivity contribution in [1.29, 1.82) is 0 Å². The summed E-state index contributed by atoms with van der Waals surface area (Å²) < 4.78 is 23.5. The second-order valence-electron chi connectivity index (χ2n) is 1.82. The molecule has 0 aromatic rings. The summed E-state index contributed by atoms with van der Waals surface area (Å²) in [6.45, 7) is 0.999. The molecule has 0 aliphatic carbocycles. The molecule has 0 aliphatic rings. The lowest BCUT2D eigenvalue weighted by Gasteiger charge is -2.08. The molecule has 6 nitrogen and oxygen atoms in total. The highest BCUT2D eigenvalue weighted by Crippen LogP contribution is 2.41. The molecule has 0 saturated carbocycles. The van der Waals surface area contributed by atoms with Crippen LogP contribution in [0.1, 0.15) is 6.92 Å². The second-order valence-corrected chi connectivity index (χ2v) is 3.38. The summed E-state index contributed by atoms with van der Waals surface area (Å²) in [5.41, 5.74) is 0. The smallest absolute Gasteiger partial charge is 0.463 e. The quantitative estimate of drug-likeness (QED) is 0.389. The van der Waals surface area contributed by atoms with Crippen molar-refractivity contribution in [2.24, 2.45) is 0 Å². The number of rotatable bonds is 5. The Bertz CT molecular complexity index is 190. The molecule has 0 spiro atoms. The number of carbonyl (C=O) groups excluding carboxylic acids is 1. The normalized spacial score (nSPS) is 15.2. The standard InChI is InChI=1S/C5H11O6P/c1-5(6)10-3-4-11-12(7,8)9-2/h3-4H2,1-2H3,(H,7,8). The zero-order valence-electron chi connectivity index (χ0n) is 6.85. The molecule has 0 aromatic heterocycles. The van der Waals surface area contributed by atoms with Gasteiger partial charge in [-0.3, -0.25) is 13.8 Å². The maximum atomic E-state index is 10.6. The monoisotopic (exact) mass is 198 g/mol. The maximum absolute atomic E-state index is 10.6. The third-order valence-corrected chi connectivity index (χ3v) is 1.84. The number of hydrogen-bond acceptors (Lipinski definition) is 5. The van der Waals surface area contributed by atoms with Crippen molar-refractivity contribution in [2.45, 2.75) is 6.92 Å². The van der Waals surface area contributed by atoms with E-state index in [2.05, 4.69) is 13.8 Å². The second kappa shape index (κ2) is 5.27. The van der Waals surface area contributed by atoms with Gasteiger partial charge in [-0.15, -0.1) is 0 Å². The largest absolute Gasteiger partial charge is 0.472 e. The van der Waals surface area contributed by atoms with Gasteiger partial charge >= 0.3 is 13.8 Å². The van der Waals surface area contributed by atoms with Crippen molar-refractivity contribution < 1.29 is 28.0 Å². The lowest BCUT2D eigenvalue weighted by atomic mass is 10.7. The van der Waals surface area contributed by atoms with Crippen LogP contribution in [0.4, 0.5) is 0 Å². The Morgan fingerprint density at radius 3 is 2.50 bits per heavy atom. The van der Waals surface area contributed by atoms with Crippen molar-refractivity contribution >= 4 is 13.8 Å². The van der Waals surface area contributed by atoms with E-state index in [1.807, 2.05) is 0 Å². The van der Waals surface area contributed by atoms with Gasteiger partial charge in [-0.25, -0.2) is 4.57 Å². The van der Waals surface area contributed by atoms with Crippen molar-refractivity contribution in [3.05, 3.63) is 0 Å². The van der Waals surface area contributed by atoms with E-state index in [4.69, 9.17) is 4.89 Å². The molecule has 7 heteroatoms. The summed E-state index contributed by atoms with van der Waals surface area (Å²) in [5, 5.41) is 0. The molecule has 0 radical (unpaired) electrons. The Hall–Kier alpha value is -0.420. The van der Waals surface area contributed by atoms with Crippen molar-refractivity contribution in [3.63, 3.8) is 0 Å². The Labute approximate surface area is 70.0 Å². The molecule has 0 fully saturated rings. The molecule has 0 amide bonds. The summed E-state index contributed by atoms with van der Waals surface area (Å²) >= 11 is 0. The van der Waals surface area contributed by atoms with E-state index in [1.165, 1.54) is 6.92 Å². The van der Waals surface area contributed by atoms with Crippen molar-refractivity contribution in [1.82, 2.24) is 0 Å². The molecule has 1 unspecified atom stereocenters. The molecule has 12 heavy (non-hydrogen) atoms. The Balaban J connectivity index is 3.44. The minimum Gasteiger partial charge on any atom is -0.463 e. The molecule has 0 aromatic carbocycles. The summed E-state index contributed by atoms with van der Waals surface area (Å²) in [5.74, 6) is -0.469. The van der Waals surface area contributed by atoms with E-state index < -0.39 is 13.8 Å². The molecular formula is C5H11O6P. The number of esters is 1. The summed E-state index contributed by atoms with van der Waals surface area (Å²) in [4.78, 5) is 18.9. The molecule has 0 aliphatic heterocycles. The number of carbonyl (C=O) groups is 1. The van der Waals surface area contributed by atoms with E-state index in [0.29, 0.717) is 0 Å². The van der Waals surface area contributed by atoms with Crippen molar-refractivity contribution in [2.75, 3.05) is 20.3 Å². The van der Waals surface area contributed by atoms with Crippen LogP contribution in [-0.2, 0) is 23.1 Å². The van der Waals surface area contributed by atoms with E-state index in [-0.39, 0.29) is 13.2 Å². The van der Waals surface area contributed by atoms with Gasteiger partial charge in [0.25, 0.3) is 0 Å². The van der Waals surface area contributed by atoms with Crippen LogP contribution in [0, 0.1) is 0 Å². The summed E-state index contributed by atoms with van der Waals surface area (Å²) in [7, 11) is -2.88. The van der Waals surface area contributed by atoms with Gasteiger partial charge < -0.3 is 9.63 Å². The molecule has 0 rings (SSSR count). The van der Waals surface area contributed by atoms with Crippen LogP contribution in [0.25, 0.3) is 0 Å². The van der Waals surface area contributed by atoms with E-state index >= 15 is 0 Å². The van der Waals surface area contributed by atoms with Gasteiger partial charge in [-0.2, -0.15) is 0 Å². The Morgan fingerprint density at radius 1 is 1.50 bits per heavy atom. The first-order chi connectivity index (χ1) is 5.48. The minimum atomic E-state index is -3.92. The average molecular weight is 198 g/mol. The van der Waals surface area contributed by atoms with Gasteiger partial charge in [0.2, 0.25) is 0 Å². The van der Waals surface area contributed by atoms with Crippen LogP contribution in [0.3, 0.4) is 0 Å². The van der Waals surface area contributed by atoms with Gasteiger partial charge in [-0.05, 0) is 0 Å². The maximum Gasteiger partial charge on any atom is 0.472 e. The van der Waals surface area contributed by atoms with Gasteiger partial charge in [0.05, 0.1) is 6.61 Å². The number of ether oxygens (including phenoxy) is 1. The summed E-state index contributed by atoms with van der Waals surface area (Å²) in [6, 6.07) is 0. The van der Waals surface area contributed by atoms with Gasteiger partial charge in [0, 0.05) is 14.0 Å². The van der Waals surface area contributed by atoms with Crippen LogP contribution in [0.15, 0.2) is 0 Å². The fourth-order valence-corrected chi connectivity index (χ4v) is 0.801. The first-order valence-corrected chi connectivity index (χ1v) is 4.64. The van der Waals surface area contributed by atoms with Crippen LogP contribution in [-0.4, -0.2) is 31.2 Å².